The number of methoxy groups -OCH3 is 1. The summed E-state index contributed by atoms with van der Waals surface area (Å²) in [6, 6.07) is 3.42. The Morgan fingerprint density at radius 2 is 1.78 bits per heavy atom. The molecule has 0 amide bonds. The van der Waals surface area contributed by atoms with Gasteiger partial charge in [0.05, 0.1) is 29.5 Å². The zero-order valence-corrected chi connectivity index (χ0v) is 10.8. The number of benzene rings is 1. The molecule has 0 N–H and O–H groups in total. The monoisotopic (exact) mass is 246 g/mol. The number of aromatic nitrogens is 2. The lowest BCUT2D eigenvalue weighted by molar-refractivity contribution is 0.121. The van der Waals surface area contributed by atoms with Crippen LogP contribution in [-0.4, -0.2) is 23.2 Å². The molecule has 0 saturated heterocycles. The molecule has 0 aliphatic carbocycles. The molecule has 0 radical (unpaired) electrons. The highest BCUT2D eigenvalue weighted by molar-refractivity contribution is 5.80. The lowest BCUT2D eigenvalue weighted by atomic mass is 10.1. The summed E-state index contributed by atoms with van der Waals surface area (Å²) in [6.07, 6.45) is -0.745. The minimum Gasteiger partial charge on any atom is -0.437 e. The van der Waals surface area contributed by atoms with Gasteiger partial charge in [0, 0.05) is 6.07 Å². The van der Waals surface area contributed by atoms with E-state index in [1.165, 1.54) is 7.11 Å². The molecule has 0 saturated carbocycles. The molecular weight excluding hydrogens is 232 g/mol. The Morgan fingerprint density at radius 1 is 1.11 bits per heavy atom. The molecule has 1 aromatic heterocycles. The van der Waals surface area contributed by atoms with Crippen LogP contribution in [0.1, 0.15) is 17.0 Å². The molecule has 0 aliphatic heterocycles. The van der Waals surface area contributed by atoms with Crippen molar-refractivity contribution in [3.63, 3.8) is 0 Å². The average Bonchev–Trinajstić information content (AvgIpc) is 2.32. The Morgan fingerprint density at radius 3 is 2.44 bits per heavy atom. The van der Waals surface area contributed by atoms with Crippen molar-refractivity contribution in [3.05, 3.63) is 29.1 Å². The third-order valence-electron chi connectivity index (χ3n) is 2.71. The third kappa shape index (κ3) is 2.25. The second-order valence-corrected chi connectivity index (χ2v) is 4.06. The quantitative estimate of drug-likeness (QED) is 0.572. The van der Waals surface area contributed by atoms with E-state index < -0.39 is 6.16 Å². The summed E-state index contributed by atoms with van der Waals surface area (Å²) in [4.78, 5) is 20.0. The van der Waals surface area contributed by atoms with Crippen LogP contribution in [0, 0.1) is 20.8 Å². The van der Waals surface area contributed by atoms with Crippen LogP contribution < -0.4 is 4.74 Å². The summed E-state index contributed by atoms with van der Waals surface area (Å²) >= 11 is 0. The molecule has 18 heavy (non-hydrogen) atoms. The molecule has 2 aromatic rings. The first-order chi connectivity index (χ1) is 8.51. The van der Waals surface area contributed by atoms with Crippen LogP contribution in [0.15, 0.2) is 12.1 Å². The van der Waals surface area contributed by atoms with E-state index in [0.29, 0.717) is 11.3 Å². The number of ether oxygens (including phenoxy) is 2. The van der Waals surface area contributed by atoms with E-state index >= 15 is 0 Å². The third-order valence-corrected chi connectivity index (χ3v) is 2.71. The number of rotatable bonds is 1. The minimum atomic E-state index is -0.745. The van der Waals surface area contributed by atoms with Crippen molar-refractivity contribution in [3.8, 4) is 5.75 Å². The Kier molecular flexibility index (Phi) is 3.14. The van der Waals surface area contributed by atoms with E-state index in [4.69, 9.17) is 4.74 Å². The molecule has 1 aromatic carbocycles. The Bertz CT molecular complexity index is 623. The van der Waals surface area contributed by atoms with Crippen LogP contribution in [0.25, 0.3) is 11.0 Å². The maximum atomic E-state index is 11.1. The van der Waals surface area contributed by atoms with Crippen LogP contribution in [0.4, 0.5) is 4.79 Å². The lowest BCUT2D eigenvalue weighted by Crippen LogP contribution is -2.07. The first kappa shape index (κ1) is 12.3. The molecule has 0 fully saturated rings. The van der Waals surface area contributed by atoms with Gasteiger partial charge in [0.2, 0.25) is 0 Å². The van der Waals surface area contributed by atoms with Crippen LogP contribution in [0.5, 0.6) is 5.75 Å². The van der Waals surface area contributed by atoms with E-state index in [-0.39, 0.29) is 0 Å². The summed E-state index contributed by atoms with van der Waals surface area (Å²) in [7, 11) is 1.27. The maximum absolute atomic E-state index is 11.1. The van der Waals surface area contributed by atoms with Gasteiger partial charge >= 0.3 is 6.16 Å². The van der Waals surface area contributed by atoms with Crippen LogP contribution >= 0.6 is 0 Å². The summed E-state index contributed by atoms with van der Waals surface area (Å²) < 4.78 is 9.45. The largest absolute Gasteiger partial charge is 0.513 e. The normalized spacial score (nSPS) is 10.4. The molecule has 2 rings (SSSR count). The number of carbonyl (C=O) groups excluding carboxylic acids is 1. The molecule has 0 unspecified atom stereocenters. The van der Waals surface area contributed by atoms with E-state index in [2.05, 4.69) is 14.7 Å². The van der Waals surface area contributed by atoms with Gasteiger partial charge in [-0.2, -0.15) is 0 Å². The van der Waals surface area contributed by atoms with Gasteiger partial charge in [-0.05, 0) is 32.4 Å². The first-order valence-corrected chi connectivity index (χ1v) is 5.52. The van der Waals surface area contributed by atoms with Gasteiger partial charge in [0.1, 0.15) is 5.75 Å². The highest BCUT2D eigenvalue weighted by Gasteiger charge is 2.09. The zero-order valence-electron chi connectivity index (χ0n) is 10.8. The molecule has 5 heteroatoms. The molecule has 0 spiro atoms. The number of fused-ring (bicyclic) bond motifs is 1. The summed E-state index contributed by atoms with van der Waals surface area (Å²) in [5.74, 6) is 0.407. The molecular formula is C13H14N2O3. The molecule has 5 nitrogen and oxygen atoms in total. The van der Waals surface area contributed by atoms with Crippen molar-refractivity contribution >= 4 is 17.2 Å². The first-order valence-electron chi connectivity index (χ1n) is 5.52. The zero-order chi connectivity index (χ0) is 13.3. The predicted octanol–water partition coefficient (Wildman–Crippen LogP) is 2.70. The van der Waals surface area contributed by atoms with Gasteiger partial charge in [-0.1, -0.05) is 0 Å². The van der Waals surface area contributed by atoms with E-state index in [1.807, 2.05) is 20.8 Å². The number of hydrogen-bond donors (Lipinski definition) is 0. The lowest BCUT2D eigenvalue weighted by Gasteiger charge is -2.08. The van der Waals surface area contributed by atoms with Gasteiger partial charge in [-0.15, -0.1) is 0 Å². The molecule has 94 valence electrons. The van der Waals surface area contributed by atoms with Crippen LogP contribution in [0.2, 0.25) is 0 Å². The Balaban J connectivity index is 2.54. The van der Waals surface area contributed by atoms with Gasteiger partial charge < -0.3 is 9.47 Å². The SMILES string of the molecule is COC(=O)Oc1cc(C)c2nc(C)c(C)nc2c1. The number of carbonyl (C=O) groups is 1. The fraction of sp³-hybridized carbons (Fsp3) is 0.308. The topological polar surface area (TPSA) is 61.3 Å². The van der Waals surface area contributed by atoms with Crippen molar-refractivity contribution in [2.24, 2.45) is 0 Å². The van der Waals surface area contributed by atoms with E-state index in [9.17, 15) is 4.79 Å². The smallest absolute Gasteiger partial charge is 0.437 e. The van der Waals surface area contributed by atoms with Crippen molar-refractivity contribution in [2.75, 3.05) is 7.11 Å². The molecule has 1 heterocycles. The Hall–Kier alpha value is -2.17. The van der Waals surface area contributed by atoms with Crippen molar-refractivity contribution in [1.29, 1.82) is 0 Å². The predicted molar refractivity (Wildman–Crippen MR) is 66.8 cm³/mol. The molecule has 0 aliphatic rings. The van der Waals surface area contributed by atoms with Crippen molar-refractivity contribution in [1.82, 2.24) is 9.97 Å². The number of hydrogen-bond acceptors (Lipinski definition) is 5. The van der Waals surface area contributed by atoms with Crippen molar-refractivity contribution < 1.29 is 14.3 Å². The van der Waals surface area contributed by atoms with Crippen LogP contribution in [0.3, 0.4) is 0 Å². The second kappa shape index (κ2) is 4.60. The molecule has 0 bridgehead atoms. The van der Waals surface area contributed by atoms with Gasteiger partial charge in [-0.3, -0.25) is 0 Å². The fourth-order valence-corrected chi connectivity index (χ4v) is 1.67. The molecule has 0 atom stereocenters. The number of aryl methyl sites for hydroxylation is 3. The number of nitrogens with zero attached hydrogens (tertiary/aromatic N) is 2. The van der Waals surface area contributed by atoms with Gasteiger partial charge in [0.15, 0.2) is 0 Å². The summed E-state index contributed by atoms with van der Waals surface area (Å²) in [5, 5.41) is 0. The van der Waals surface area contributed by atoms with Crippen LogP contribution in [-0.2, 0) is 4.74 Å². The average molecular weight is 246 g/mol. The highest BCUT2D eigenvalue weighted by atomic mass is 16.7. The van der Waals surface area contributed by atoms with Gasteiger partial charge in [0.25, 0.3) is 0 Å². The highest BCUT2D eigenvalue weighted by Crippen LogP contribution is 2.23. The van der Waals surface area contributed by atoms with E-state index in [0.717, 1.165) is 22.5 Å². The van der Waals surface area contributed by atoms with Gasteiger partial charge in [-0.25, -0.2) is 14.8 Å². The van der Waals surface area contributed by atoms with E-state index in [1.54, 1.807) is 12.1 Å². The van der Waals surface area contributed by atoms with Crippen molar-refractivity contribution in [2.45, 2.75) is 20.8 Å². The fourth-order valence-electron chi connectivity index (χ4n) is 1.67. The second-order valence-electron chi connectivity index (χ2n) is 4.06. The summed E-state index contributed by atoms with van der Waals surface area (Å²) in [5.41, 5.74) is 4.18. The standard InChI is InChI=1S/C13H14N2O3/c1-7-5-10(18-13(16)17-4)6-11-12(7)15-9(3)8(2)14-11/h5-6H,1-4H3. The Labute approximate surface area is 105 Å². The summed E-state index contributed by atoms with van der Waals surface area (Å²) in [6.45, 7) is 5.71. The minimum absolute atomic E-state index is 0.407. The maximum Gasteiger partial charge on any atom is 0.513 e.